The van der Waals surface area contributed by atoms with E-state index >= 15 is 0 Å². The van der Waals surface area contributed by atoms with Crippen LogP contribution in [0.25, 0.3) is 0 Å². The monoisotopic (exact) mass is 175 g/mol. The molecule has 3 nitrogen and oxygen atoms in total. The van der Waals surface area contributed by atoms with Crippen molar-refractivity contribution in [3.63, 3.8) is 0 Å². The molecule has 2 aliphatic rings. The predicted octanol–water partition coefficient (Wildman–Crippen LogP) is -0.121. The fraction of sp³-hybridized carbons (Fsp3) is 1.00. The number of hydrogen-bond acceptors (Lipinski definition) is 3. The van der Waals surface area contributed by atoms with Crippen LogP contribution in [0.1, 0.15) is 13.3 Å². The van der Waals surface area contributed by atoms with Crippen LogP contribution in [0.4, 0.5) is 0 Å². The molecule has 0 atom stereocenters. The van der Waals surface area contributed by atoms with Gasteiger partial charge in [-0.1, -0.05) is 6.92 Å². The van der Waals surface area contributed by atoms with E-state index in [1.807, 2.05) is 0 Å². The van der Waals surface area contributed by atoms with Gasteiger partial charge in [-0.05, 0) is 13.0 Å². The molecule has 0 aromatic rings. The Morgan fingerprint density at radius 2 is 2.09 bits per heavy atom. The van der Waals surface area contributed by atoms with E-state index in [1.54, 1.807) is 0 Å². The number of sulfone groups is 1. The third-order valence-electron chi connectivity index (χ3n) is 2.96. The van der Waals surface area contributed by atoms with Crippen molar-refractivity contribution in [2.45, 2.75) is 18.1 Å². The second kappa shape index (κ2) is 1.98. The first-order valence-electron chi connectivity index (χ1n) is 4.04. The van der Waals surface area contributed by atoms with Gasteiger partial charge in [0.25, 0.3) is 0 Å². The second-order valence-electron chi connectivity index (χ2n) is 3.56. The number of hydrogen-bond donors (Lipinski definition) is 0. The lowest BCUT2D eigenvalue weighted by atomic mass is 9.95. The maximum atomic E-state index is 11.3. The Morgan fingerprint density at radius 1 is 1.45 bits per heavy atom. The smallest absolute Gasteiger partial charge is 0.158 e. The summed E-state index contributed by atoms with van der Waals surface area (Å²) >= 11 is 0. The van der Waals surface area contributed by atoms with Gasteiger partial charge in [-0.25, -0.2) is 8.42 Å². The van der Waals surface area contributed by atoms with Gasteiger partial charge in [0.1, 0.15) is 0 Å². The summed E-state index contributed by atoms with van der Waals surface area (Å²) in [6.45, 7) is 4.62. The van der Waals surface area contributed by atoms with Crippen LogP contribution in [-0.2, 0) is 9.84 Å². The van der Waals surface area contributed by atoms with Crippen molar-refractivity contribution in [2.24, 2.45) is 0 Å². The summed E-state index contributed by atoms with van der Waals surface area (Å²) in [4.78, 5) is 2.18. The van der Waals surface area contributed by atoms with Gasteiger partial charge < -0.3 is 4.90 Å². The van der Waals surface area contributed by atoms with E-state index in [1.165, 1.54) is 0 Å². The van der Waals surface area contributed by atoms with E-state index in [9.17, 15) is 8.42 Å². The summed E-state index contributed by atoms with van der Waals surface area (Å²) in [6.07, 6.45) is 0.895. The predicted molar refractivity (Wildman–Crippen MR) is 43.2 cm³/mol. The minimum absolute atomic E-state index is 0.289. The van der Waals surface area contributed by atoms with Gasteiger partial charge in [-0.3, -0.25) is 0 Å². The van der Waals surface area contributed by atoms with Gasteiger partial charge in [0.15, 0.2) is 9.84 Å². The molecular formula is C7H13NO2S. The average molecular weight is 175 g/mol. The van der Waals surface area contributed by atoms with Crippen molar-refractivity contribution in [3.8, 4) is 0 Å². The molecule has 0 saturated carbocycles. The van der Waals surface area contributed by atoms with E-state index in [4.69, 9.17) is 0 Å². The fourth-order valence-electron chi connectivity index (χ4n) is 1.90. The quantitative estimate of drug-likeness (QED) is 0.557. The Kier molecular flexibility index (Phi) is 1.36. The lowest BCUT2D eigenvalue weighted by Crippen LogP contribution is -2.71. The van der Waals surface area contributed by atoms with Crippen LogP contribution in [0.3, 0.4) is 0 Å². The standard InChI is InChI=1S/C7H13NO2S/c1-2-8-5-7(6-8)3-4-11(7,9)10/h2-6H2,1H3. The van der Waals surface area contributed by atoms with Gasteiger partial charge in [0.2, 0.25) is 0 Å². The first kappa shape index (κ1) is 7.55. The summed E-state index contributed by atoms with van der Waals surface area (Å²) in [6, 6.07) is 0. The Balaban J connectivity index is 2.08. The van der Waals surface area contributed by atoms with E-state index < -0.39 is 9.84 Å². The van der Waals surface area contributed by atoms with Gasteiger partial charge in [-0.2, -0.15) is 0 Å². The van der Waals surface area contributed by atoms with Crippen LogP contribution in [0.15, 0.2) is 0 Å². The Morgan fingerprint density at radius 3 is 2.36 bits per heavy atom. The minimum atomic E-state index is -2.67. The van der Waals surface area contributed by atoms with Crippen LogP contribution >= 0.6 is 0 Å². The number of rotatable bonds is 1. The van der Waals surface area contributed by atoms with E-state index in [2.05, 4.69) is 11.8 Å². The van der Waals surface area contributed by atoms with Crippen molar-refractivity contribution in [3.05, 3.63) is 0 Å². The molecule has 0 radical (unpaired) electrons. The largest absolute Gasteiger partial charge is 0.300 e. The zero-order chi connectivity index (χ0) is 8.11. The number of likely N-dealkylation sites (tertiary alicyclic amines) is 1. The molecule has 1 spiro atoms. The van der Waals surface area contributed by atoms with Crippen molar-refractivity contribution < 1.29 is 8.42 Å². The summed E-state index contributed by atoms with van der Waals surface area (Å²) < 4.78 is 22.2. The third kappa shape index (κ3) is 0.796. The maximum Gasteiger partial charge on any atom is 0.158 e. The molecule has 0 aromatic carbocycles. The molecule has 2 saturated heterocycles. The van der Waals surface area contributed by atoms with E-state index in [0.717, 1.165) is 26.1 Å². The Bertz CT molecular complexity index is 264. The normalized spacial score (nSPS) is 32.8. The third-order valence-corrected chi connectivity index (χ3v) is 5.48. The van der Waals surface area contributed by atoms with Crippen LogP contribution in [-0.4, -0.2) is 43.5 Å². The lowest BCUT2D eigenvalue weighted by Gasteiger charge is -2.54. The molecule has 2 aliphatic heterocycles. The SMILES string of the molecule is CCN1CC2(CCS2(=O)=O)C1. The van der Waals surface area contributed by atoms with Crippen molar-refractivity contribution >= 4 is 9.84 Å². The fourth-order valence-corrected chi connectivity index (χ4v) is 3.78. The molecule has 0 N–H and O–H groups in total. The van der Waals surface area contributed by atoms with Crippen molar-refractivity contribution in [2.75, 3.05) is 25.4 Å². The second-order valence-corrected chi connectivity index (χ2v) is 6.06. The summed E-state index contributed by atoms with van der Waals surface area (Å²) in [7, 11) is -2.67. The van der Waals surface area contributed by atoms with E-state index in [-0.39, 0.29) is 4.75 Å². The molecule has 0 unspecified atom stereocenters. The molecular weight excluding hydrogens is 162 g/mol. The highest BCUT2D eigenvalue weighted by Crippen LogP contribution is 2.41. The summed E-state index contributed by atoms with van der Waals surface area (Å²) in [5.74, 6) is 0.421. The molecule has 4 heteroatoms. The molecule has 0 aliphatic carbocycles. The minimum Gasteiger partial charge on any atom is -0.300 e. The average Bonchev–Trinajstić information content (AvgIpc) is 1.84. The maximum absolute atomic E-state index is 11.3. The first-order valence-corrected chi connectivity index (χ1v) is 5.69. The molecule has 11 heavy (non-hydrogen) atoms. The Labute approximate surface area is 67.3 Å². The van der Waals surface area contributed by atoms with Crippen molar-refractivity contribution in [1.82, 2.24) is 4.90 Å². The van der Waals surface area contributed by atoms with Crippen LogP contribution < -0.4 is 0 Å². The highest BCUT2D eigenvalue weighted by atomic mass is 32.2. The van der Waals surface area contributed by atoms with Crippen molar-refractivity contribution in [1.29, 1.82) is 0 Å². The zero-order valence-electron chi connectivity index (χ0n) is 6.71. The molecule has 2 fully saturated rings. The molecule has 64 valence electrons. The van der Waals surface area contributed by atoms with Gasteiger partial charge in [0, 0.05) is 13.1 Å². The summed E-state index contributed by atoms with van der Waals surface area (Å²) in [5.41, 5.74) is 0. The van der Waals surface area contributed by atoms with Crippen LogP contribution in [0.2, 0.25) is 0 Å². The topological polar surface area (TPSA) is 37.4 Å². The molecule has 2 rings (SSSR count). The highest BCUT2D eigenvalue weighted by molar-refractivity contribution is 7.94. The van der Waals surface area contributed by atoms with Gasteiger partial charge in [-0.15, -0.1) is 0 Å². The molecule has 0 amide bonds. The van der Waals surface area contributed by atoms with Gasteiger partial charge in [0.05, 0.1) is 10.5 Å². The zero-order valence-corrected chi connectivity index (χ0v) is 7.52. The summed E-state index contributed by atoms with van der Waals surface area (Å²) in [5, 5.41) is 0. The lowest BCUT2D eigenvalue weighted by molar-refractivity contribution is 0.112. The molecule has 0 aromatic heterocycles. The Hall–Kier alpha value is -0.0900. The molecule has 0 bridgehead atoms. The number of nitrogens with zero attached hydrogens (tertiary/aromatic N) is 1. The highest BCUT2D eigenvalue weighted by Gasteiger charge is 2.58. The molecule has 2 heterocycles. The van der Waals surface area contributed by atoms with Gasteiger partial charge >= 0.3 is 0 Å². The van der Waals surface area contributed by atoms with Crippen LogP contribution in [0.5, 0.6) is 0 Å². The van der Waals surface area contributed by atoms with E-state index in [0.29, 0.717) is 5.75 Å². The first-order chi connectivity index (χ1) is 5.10. The van der Waals surface area contributed by atoms with Crippen LogP contribution in [0, 0.1) is 0 Å².